The third kappa shape index (κ3) is 3.12. The van der Waals surface area contributed by atoms with Crippen molar-refractivity contribution in [2.45, 2.75) is 0 Å². The summed E-state index contributed by atoms with van der Waals surface area (Å²) in [6.07, 6.45) is 4.80. The number of nitrogens with zero attached hydrogens (tertiary/aromatic N) is 2. The van der Waals surface area contributed by atoms with Crippen LogP contribution in [0.3, 0.4) is 0 Å². The molecule has 0 aliphatic carbocycles. The number of aliphatic hydroxyl groups is 1. The largest absolute Gasteiger partial charge is 0.547 e. The molecule has 0 aromatic heterocycles. The summed E-state index contributed by atoms with van der Waals surface area (Å²) in [5.41, 5.74) is -0.738. The normalized spacial score (nSPS) is 10.4. The Labute approximate surface area is 74.4 Å². The van der Waals surface area contributed by atoms with Gasteiger partial charge >= 0.3 is 17.6 Å². The van der Waals surface area contributed by atoms with Crippen molar-refractivity contribution < 1.29 is 19.4 Å². The highest BCUT2D eigenvalue weighted by Crippen LogP contribution is 2.05. The predicted molar refractivity (Wildman–Crippen MR) is 41.5 cm³/mol. The molecule has 13 heavy (non-hydrogen) atoms. The molecule has 0 aromatic carbocycles. The summed E-state index contributed by atoms with van der Waals surface area (Å²) in [7, 11) is 1.09. The molecular weight excluding hydrogens is 176 g/mol. The molecule has 68 valence electrons. The third-order valence-corrected chi connectivity index (χ3v) is 0.976. The summed E-state index contributed by atoms with van der Waals surface area (Å²) in [5.74, 6) is 0.110. The van der Waals surface area contributed by atoms with Gasteiger partial charge in [-0.2, -0.15) is 0 Å². The highest BCUT2D eigenvalue weighted by atomic mass is 16.6. The van der Waals surface area contributed by atoms with E-state index in [2.05, 4.69) is 14.4 Å². The number of esters is 1. The molecule has 0 bridgehead atoms. The van der Waals surface area contributed by atoms with Crippen molar-refractivity contribution in [3.63, 3.8) is 0 Å². The number of hydrogen-bond donors (Lipinski definition) is 1. The van der Waals surface area contributed by atoms with Crippen LogP contribution in [0.15, 0.2) is 11.6 Å². The molecule has 0 rings (SSSR count). The molecule has 0 saturated heterocycles. The minimum Gasteiger partial charge on any atom is -0.475 e. The zero-order valence-corrected chi connectivity index (χ0v) is 6.85. The molecule has 0 spiro atoms. The van der Waals surface area contributed by atoms with Crippen LogP contribution in [0.2, 0.25) is 0 Å². The molecule has 0 saturated carbocycles. The topological polar surface area (TPSA) is 83.9 Å². The Kier molecular flexibility index (Phi) is 4.52. The Hall–Kier alpha value is -2.21. The number of carbonyl (C=O) groups excluding carboxylic acids is 1. The maximum Gasteiger partial charge on any atom is 0.547 e. The Morgan fingerprint density at radius 3 is 2.77 bits per heavy atom. The summed E-state index contributed by atoms with van der Waals surface area (Å²) in [6, 6.07) is 0. The maximum absolute atomic E-state index is 10.9. The number of diazo groups is 1. The van der Waals surface area contributed by atoms with Crippen molar-refractivity contribution in [3.8, 4) is 12.3 Å². The second-order valence-corrected chi connectivity index (χ2v) is 1.74. The first-order valence-corrected chi connectivity index (χ1v) is 3.10. The van der Waals surface area contributed by atoms with E-state index in [1.54, 1.807) is 0 Å². The first-order chi connectivity index (χ1) is 6.17. The molecular formula is C7H7N2O4+. The Morgan fingerprint density at radius 2 is 2.38 bits per heavy atom. The zero-order chi connectivity index (χ0) is 10.3. The van der Waals surface area contributed by atoms with Crippen molar-refractivity contribution >= 4 is 5.97 Å². The summed E-state index contributed by atoms with van der Waals surface area (Å²) < 4.78 is 8.57. The van der Waals surface area contributed by atoms with E-state index < -0.39 is 17.6 Å². The van der Waals surface area contributed by atoms with Gasteiger partial charge < -0.3 is 14.6 Å². The minimum atomic E-state index is -1.07. The number of hydrogen-bond acceptors (Lipinski definition) is 5. The van der Waals surface area contributed by atoms with Crippen LogP contribution in [0.4, 0.5) is 0 Å². The molecule has 0 radical (unpaired) electrons. The summed E-state index contributed by atoms with van der Waals surface area (Å²) in [6.45, 7) is -0.283. The van der Waals surface area contributed by atoms with Crippen molar-refractivity contribution in [2.24, 2.45) is 0 Å². The molecule has 0 unspecified atom stereocenters. The molecule has 0 aliphatic rings. The first kappa shape index (κ1) is 10.8. The smallest absolute Gasteiger partial charge is 0.475 e. The lowest BCUT2D eigenvalue weighted by atomic mass is 10.5. The SMILES string of the molecule is C#CCOC(=O)/C([N+]#N)=C(\O)OC. The van der Waals surface area contributed by atoms with Gasteiger partial charge in [0.2, 0.25) is 5.39 Å². The van der Waals surface area contributed by atoms with E-state index >= 15 is 0 Å². The molecule has 6 heteroatoms. The van der Waals surface area contributed by atoms with E-state index in [-0.39, 0.29) is 6.61 Å². The van der Waals surface area contributed by atoms with Gasteiger partial charge in [-0.25, -0.2) is 4.79 Å². The fourth-order valence-corrected chi connectivity index (χ4v) is 0.443. The Balaban J connectivity index is 4.55. The van der Waals surface area contributed by atoms with Crippen molar-refractivity contribution in [2.75, 3.05) is 13.7 Å². The van der Waals surface area contributed by atoms with Crippen LogP contribution < -0.4 is 0 Å². The fraction of sp³-hybridized carbons (Fsp3) is 0.286. The number of terminal acetylenes is 1. The summed E-state index contributed by atoms with van der Waals surface area (Å²) in [5, 5.41) is 17.1. The van der Waals surface area contributed by atoms with E-state index in [4.69, 9.17) is 16.9 Å². The van der Waals surface area contributed by atoms with Crippen LogP contribution in [0.1, 0.15) is 0 Å². The van der Waals surface area contributed by atoms with Gasteiger partial charge in [0.1, 0.15) is 0 Å². The van der Waals surface area contributed by atoms with E-state index in [1.807, 2.05) is 5.92 Å². The number of carbonyl (C=O) groups is 1. The molecule has 6 nitrogen and oxygen atoms in total. The number of methoxy groups -OCH3 is 1. The van der Waals surface area contributed by atoms with Crippen molar-refractivity contribution in [3.05, 3.63) is 16.6 Å². The van der Waals surface area contributed by atoms with Gasteiger partial charge in [-0.3, -0.25) is 0 Å². The van der Waals surface area contributed by atoms with Gasteiger partial charge in [0.25, 0.3) is 0 Å². The standard InChI is InChI=1S/C7H6N2O4/c1-3-4-13-7(11)5(9-8)6(10)12-2/h1H,4H2,2H3/p+1. The number of aliphatic hydroxyl groups excluding tert-OH is 1. The lowest BCUT2D eigenvalue weighted by Crippen LogP contribution is -2.09. The quantitative estimate of drug-likeness (QED) is 0.225. The highest BCUT2D eigenvalue weighted by molar-refractivity contribution is 5.90. The maximum atomic E-state index is 10.9. The molecule has 0 atom stereocenters. The second kappa shape index (κ2) is 5.44. The summed E-state index contributed by atoms with van der Waals surface area (Å²) >= 11 is 0. The highest BCUT2D eigenvalue weighted by Gasteiger charge is 2.32. The average Bonchev–Trinajstić information content (AvgIpc) is 2.15. The summed E-state index contributed by atoms with van der Waals surface area (Å²) in [4.78, 5) is 13.3. The molecule has 0 aliphatic heterocycles. The Bertz CT molecular complexity index is 307. The first-order valence-electron chi connectivity index (χ1n) is 3.10. The lowest BCUT2D eigenvalue weighted by molar-refractivity contribution is -0.137. The number of rotatable bonds is 3. The lowest BCUT2D eigenvalue weighted by Gasteiger charge is -1.93. The molecule has 1 N–H and O–H groups in total. The second-order valence-electron chi connectivity index (χ2n) is 1.74. The van der Waals surface area contributed by atoms with E-state index in [0.717, 1.165) is 7.11 Å². The van der Waals surface area contributed by atoms with Crippen molar-refractivity contribution in [1.82, 2.24) is 0 Å². The molecule has 0 aromatic rings. The fourth-order valence-electron chi connectivity index (χ4n) is 0.443. The van der Waals surface area contributed by atoms with Crippen LogP contribution in [0, 0.1) is 17.7 Å². The van der Waals surface area contributed by atoms with Crippen LogP contribution >= 0.6 is 0 Å². The van der Waals surface area contributed by atoms with Crippen molar-refractivity contribution in [1.29, 1.82) is 5.39 Å². The van der Waals surface area contributed by atoms with Crippen LogP contribution in [0.25, 0.3) is 4.98 Å². The van der Waals surface area contributed by atoms with Gasteiger partial charge in [0, 0.05) is 0 Å². The van der Waals surface area contributed by atoms with Gasteiger partial charge in [0.05, 0.1) is 7.11 Å². The molecule has 0 heterocycles. The van der Waals surface area contributed by atoms with Gasteiger partial charge in [-0.1, -0.05) is 5.92 Å². The van der Waals surface area contributed by atoms with E-state index in [0.29, 0.717) is 0 Å². The molecule has 0 amide bonds. The van der Waals surface area contributed by atoms with Crippen LogP contribution in [-0.2, 0) is 14.3 Å². The van der Waals surface area contributed by atoms with Gasteiger partial charge in [0.15, 0.2) is 11.6 Å². The van der Waals surface area contributed by atoms with Crippen LogP contribution in [0.5, 0.6) is 0 Å². The minimum absolute atomic E-state index is 0.283. The number of ether oxygens (including phenoxy) is 2. The van der Waals surface area contributed by atoms with Gasteiger partial charge in [-0.05, 0) is 0 Å². The average molecular weight is 183 g/mol. The Morgan fingerprint density at radius 1 is 1.77 bits per heavy atom. The monoisotopic (exact) mass is 183 g/mol. The van der Waals surface area contributed by atoms with E-state index in [9.17, 15) is 4.79 Å². The van der Waals surface area contributed by atoms with Gasteiger partial charge in [-0.15, -0.1) is 6.42 Å². The van der Waals surface area contributed by atoms with E-state index in [1.165, 1.54) is 0 Å². The predicted octanol–water partition coefficient (Wildman–Crippen LogP) is 0.389. The third-order valence-electron chi connectivity index (χ3n) is 0.976. The molecule has 0 fully saturated rings. The van der Waals surface area contributed by atoms with Crippen LogP contribution in [-0.4, -0.2) is 24.8 Å². The zero-order valence-electron chi connectivity index (χ0n) is 6.85.